The van der Waals surface area contributed by atoms with E-state index in [2.05, 4.69) is 4.98 Å². The van der Waals surface area contributed by atoms with Crippen LogP contribution in [0.3, 0.4) is 0 Å². The molecule has 3 rings (SSSR count). The number of benzene rings is 1. The number of hydrogen-bond acceptors (Lipinski definition) is 5. The quantitative estimate of drug-likeness (QED) is 0.776. The molecule has 2 aromatic rings. The number of aromatic nitrogens is 1. The molecule has 0 unspecified atom stereocenters. The number of aldehydes is 1. The summed E-state index contributed by atoms with van der Waals surface area (Å²) in [6.07, 6.45) is 2.16. The first-order chi connectivity index (χ1) is 12.4. The highest BCUT2D eigenvalue weighted by molar-refractivity contribution is 5.74. The largest absolute Gasteiger partial charge is 0.444 e. The maximum atomic E-state index is 12.1. The molecule has 26 heavy (non-hydrogen) atoms. The smallest absolute Gasteiger partial charge is 0.410 e. The summed E-state index contributed by atoms with van der Waals surface area (Å²) in [7, 11) is 0. The molecule has 1 saturated heterocycles. The van der Waals surface area contributed by atoms with E-state index in [1.54, 1.807) is 35.4 Å². The van der Waals surface area contributed by atoms with Crippen molar-refractivity contribution in [2.75, 3.05) is 13.1 Å². The number of carbonyl (C=O) groups is 2. The van der Waals surface area contributed by atoms with Crippen LogP contribution in [0.2, 0.25) is 0 Å². The SMILES string of the molecule is CC(C)(C)OC(=O)N1CC(c2cccnc2Oc2ccc(C=O)cc2)C1. The number of likely N-dealkylation sites (tertiary alicyclic amines) is 1. The highest BCUT2D eigenvalue weighted by atomic mass is 16.6. The lowest BCUT2D eigenvalue weighted by molar-refractivity contribution is 0.00798. The molecule has 136 valence electrons. The van der Waals surface area contributed by atoms with Crippen molar-refractivity contribution in [2.45, 2.75) is 32.3 Å². The zero-order valence-corrected chi connectivity index (χ0v) is 15.1. The second-order valence-corrected chi connectivity index (χ2v) is 7.27. The third-order valence-electron chi connectivity index (χ3n) is 4.00. The molecule has 1 aliphatic heterocycles. The van der Waals surface area contributed by atoms with Gasteiger partial charge in [0.25, 0.3) is 0 Å². The van der Waals surface area contributed by atoms with E-state index >= 15 is 0 Å². The van der Waals surface area contributed by atoms with E-state index < -0.39 is 5.60 Å². The van der Waals surface area contributed by atoms with E-state index in [1.807, 2.05) is 32.9 Å². The second kappa shape index (κ2) is 7.15. The Hall–Kier alpha value is -2.89. The van der Waals surface area contributed by atoms with Crippen molar-refractivity contribution in [3.63, 3.8) is 0 Å². The van der Waals surface area contributed by atoms with Gasteiger partial charge in [-0.1, -0.05) is 6.07 Å². The first kappa shape index (κ1) is 17.9. The van der Waals surface area contributed by atoms with Crippen LogP contribution in [0.5, 0.6) is 11.6 Å². The summed E-state index contributed by atoms with van der Waals surface area (Å²) in [5, 5.41) is 0. The fraction of sp³-hybridized carbons (Fsp3) is 0.350. The number of ether oxygens (including phenoxy) is 2. The van der Waals surface area contributed by atoms with Crippen LogP contribution in [-0.2, 0) is 4.74 Å². The second-order valence-electron chi connectivity index (χ2n) is 7.27. The molecule has 1 aromatic heterocycles. The van der Waals surface area contributed by atoms with Gasteiger partial charge in [-0.3, -0.25) is 4.79 Å². The zero-order valence-electron chi connectivity index (χ0n) is 15.1. The molecular formula is C20H22N2O4. The first-order valence-corrected chi connectivity index (χ1v) is 8.51. The molecule has 0 aliphatic carbocycles. The molecule has 1 aliphatic rings. The van der Waals surface area contributed by atoms with Crippen molar-refractivity contribution < 1.29 is 19.1 Å². The van der Waals surface area contributed by atoms with E-state index in [0.29, 0.717) is 30.3 Å². The molecule has 0 saturated carbocycles. The van der Waals surface area contributed by atoms with Gasteiger partial charge in [-0.2, -0.15) is 0 Å². The molecule has 1 aromatic carbocycles. The lowest BCUT2D eigenvalue weighted by atomic mass is 9.92. The van der Waals surface area contributed by atoms with Crippen molar-refractivity contribution in [3.05, 3.63) is 53.7 Å². The Kier molecular flexibility index (Phi) is 4.93. The van der Waals surface area contributed by atoms with Crippen LogP contribution in [0, 0.1) is 0 Å². The number of nitrogens with zero attached hydrogens (tertiary/aromatic N) is 2. The van der Waals surface area contributed by atoms with Crippen LogP contribution in [0.4, 0.5) is 4.79 Å². The summed E-state index contributed by atoms with van der Waals surface area (Å²) in [5.41, 5.74) is 1.04. The predicted molar refractivity (Wildman–Crippen MR) is 96.7 cm³/mol. The summed E-state index contributed by atoms with van der Waals surface area (Å²) in [6, 6.07) is 10.7. The summed E-state index contributed by atoms with van der Waals surface area (Å²) < 4.78 is 11.3. The Labute approximate surface area is 152 Å². The van der Waals surface area contributed by atoms with E-state index in [4.69, 9.17) is 9.47 Å². The van der Waals surface area contributed by atoms with E-state index in [-0.39, 0.29) is 12.0 Å². The zero-order chi connectivity index (χ0) is 18.7. The molecule has 0 bridgehead atoms. The van der Waals surface area contributed by atoms with E-state index in [0.717, 1.165) is 11.8 Å². The lowest BCUT2D eigenvalue weighted by Gasteiger charge is -2.40. The third-order valence-corrected chi connectivity index (χ3v) is 4.00. The molecule has 0 N–H and O–H groups in total. The van der Waals surface area contributed by atoms with Gasteiger partial charge < -0.3 is 14.4 Å². The van der Waals surface area contributed by atoms with Gasteiger partial charge in [0, 0.05) is 36.3 Å². The highest BCUT2D eigenvalue weighted by Gasteiger charge is 2.36. The summed E-state index contributed by atoms with van der Waals surface area (Å²) in [6.45, 7) is 6.70. The molecule has 0 atom stereocenters. The van der Waals surface area contributed by atoms with Crippen LogP contribution < -0.4 is 4.74 Å². The standard InChI is InChI=1S/C20H22N2O4/c1-20(2,3)26-19(24)22-11-15(12-22)17-5-4-10-21-18(17)25-16-8-6-14(13-23)7-9-16/h4-10,13,15H,11-12H2,1-3H3. The number of rotatable bonds is 4. The first-order valence-electron chi connectivity index (χ1n) is 8.51. The van der Waals surface area contributed by atoms with Crippen molar-refractivity contribution in [1.29, 1.82) is 0 Å². The Bertz CT molecular complexity index is 790. The van der Waals surface area contributed by atoms with Crippen LogP contribution in [0.25, 0.3) is 0 Å². The van der Waals surface area contributed by atoms with Crippen molar-refractivity contribution >= 4 is 12.4 Å². The molecule has 1 amide bonds. The number of pyridine rings is 1. The molecule has 0 radical (unpaired) electrons. The van der Waals surface area contributed by atoms with Crippen LogP contribution in [-0.4, -0.2) is 41.0 Å². The normalized spacial score (nSPS) is 14.5. The fourth-order valence-electron chi connectivity index (χ4n) is 2.68. The van der Waals surface area contributed by atoms with E-state index in [9.17, 15) is 9.59 Å². The third kappa shape index (κ3) is 4.20. The summed E-state index contributed by atoms with van der Waals surface area (Å²) >= 11 is 0. The van der Waals surface area contributed by atoms with Gasteiger partial charge in [0.1, 0.15) is 17.6 Å². The van der Waals surface area contributed by atoms with Gasteiger partial charge in [-0.25, -0.2) is 9.78 Å². The molecule has 1 fully saturated rings. The van der Waals surface area contributed by atoms with Crippen molar-refractivity contribution in [1.82, 2.24) is 9.88 Å². The topological polar surface area (TPSA) is 68.7 Å². The minimum atomic E-state index is -0.502. The average Bonchev–Trinajstić information content (AvgIpc) is 2.54. The van der Waals surface area contributed by atoms with Gasteiger partial charge in [0.05, 0.1) is 0 Å². The van der Waals surface area contributed by atoms with E-state index in [1.165, 1.54) is 0 Å². The van der Waals surface area contributed by atoms with Gasteiger partial charge in [0.2, 0.25) is 5.88 Å². The molecule has 6 nitrogen and oxygen atoms in total. The van der Waals surface area contributed by atoms with Crippen LogP contribution in [0.15, 0.2) is 42.6 Å². The monoisotopic (exact) mass is 354 g/mol. The average molecular weight is 354 g/mol. The summed E-state index contributed by atoms with van der Waals surface area (Å²) in [5.74, 6) is 1.28. The summed E-state index contributed by atoms with van der Waals surface area (Å²) in [4.78, 5) is 28.8. The number of carbonyl (C=O) groups excluding carboxylic acids is 2. The Morgan fingerprint density at radius 2 is 1.88 bits per heavy atom. The predicted octanol–water partition coefficient (Wildman–Crippen LogP) is 4.02. The Morgan fingerprint density at radius 3 is 2.50 bits per heavy atom. The highest BCUT2D eigenvalue weighted by Crippen LogP contribution is 2.34. The van der Waals surface area contributed by atoms with Crippen LogP contribution >= 0.6 is 0 Å². The minimum Gasteiger partial charge on any atom is -0.444 e. The van der Waals surface area contributed by atoms with Gasteiger partial charge in [0.15, 0.2) is 0 Å². The van der Waals surface area contributed by atoms with Gasteiger partial charge in [-0.05, 0) is 51.1 Å². The molecule has 0 spiro atoms. The maximum absolute atomic E-state index is 12.1. The van der Waals surface area contributed by atoms with Gasteiger partial charge >= 0.3 is 6.09 Å². The Balaban J connectivity index is 1.67. The minimum absolute atomic E-state index is 0.153. The number of hydrogen-bond donors (Lipinski definition) is 0. The van der Waals surface area contributed by atoms with Crippen molar-refractivity contribution in [2.24, 2.45) is 0 Å². The Morgan fingerprint density at radius 1 is 1.19 bits per heavy atom. The molecular weight excluding hydrogens is 332 g/mol. The molecule has 2 heterocycles. The lowest BCUT2D eigenvalue weighted by Crippen LogP contribution is -2.50. The fourth-order valence-corrected chi connectivity index (χ4v) is 2.68. The van der Waals surface area contributed by atoms with Crippen molar-refractivity contribution in [3.8, 4) is 11.6 Å². The van der Waals surface area contributed by atoms with Gasteiger partial charge in [-0.15, -0.1) is 0 Å². The van der Waals surface area contributed by atoms with Crippen LogP contribution in [0.1, 0.15) is 42.6 Å². The number of amides is 1. The maximum Gasteiger partial charge on any atom is 0.410 e. The molecule has 6 heteroatoms.